The van der Waals surface area contributed by atoms with Crippen molar-refractivity contribution in [2.75, 3.05) is 4.43 Å². The number of hydrogen-bond donors (Lipinski definition) is 1. The first-order chi connectivity index (χ1) is 5.92. The van der Waals surface area contributed by atoms with Crippen molar-refractivity contribution in [3.63, 3.8) is 0 Å². The third-order valence-electron chi connectivity index (χ3n) is 3.28. The first-order valence-electron chi connectivity index (χ1n) is 4.99. The van der Waals surface area contributed by atoms with Gasteiger partial charge in [-0.3, -0.25) is 0 Å². The minimum atomic E-state index is 0.320. The summed E-state index contributed by atoms with van der Waals surface area (Å²) in [6, 6.07) is 0. The van der Waals surface area contributed by atoms with Crippen LogP contribution in [-0.4, -0.2) is 9.97 Å². The topological polar surface area (TPSA) is 12.0 Å². The van der Waals surface area contributed by atoms with Gasteiger partial charge in [-0.05, 0) is 0 Å². The van der Waals surface area contributed by atoms with Gasteiger partial charge in [-0.25, -0.2) is 0 Å². The average molecular weight is 292 g/mol. The molecule has 76 valence electrons. The Hall–Kier alpha value is 0.270. The predicted molar refractivity (Wildman–Crippen MR) is 52.1 cm³/mol. The van der Waals surface area contributed by atoms with Gasteiger partial charge in [-0.2, -0.15) is 0 Å². The molecule has 13 heavy (non-hydrogen) atoms. The summed E-state index contributed by atoms with van der Waals surface area (Å²) in [5.41, 5.74) is 1.02. The van der Waals surface area contributed by atoms with E-state index >= 15 is 0 Å². The van der Waals surface area contributed by atoms with Gasteiger partial charge in [0.1, 0.15) is 0 Å². The Labute approximate surface area is 91.6 Å². The summed E-state index contributed by atoms with van der Waals surface area (Å²) in [5, 5.41) is 3.37. The van der Waals surface area contributed by atoms with E-state index in [2.05, 4.69) is 39.2 Å². The summed E-state index contributed by atoms with van der Waals surface area (Å²) in [4.78, 5) is 0. The van der Waals surface area contributed by atoms with Crippen LogP contribution in [0.3, 0.4) is 0 Å². The van der Waals surface area contributed by atoms with Crippen molar-refractivity contribution in [1.29, 1.82) is 0 Å². The molecule has 2 aliphatic rings. The second-order valence-electron chi connectivity index (χ2n) is 5.44. The number of hydrogen-bond acceptors (Lipinski definition) is 1. The normalized spacial score (nSPS) is 33.2. The molecule has 1 fully saturated rings. The molecule has 2 rings (SSSR count). The Kier molecular flexibility index (Phi) is 2.17. The van der Waals surface area contributed by atoms with E-state index < -0.39 is 0 Å². The molecular weight excluding hydrogens is 273 g/mol. The van der Waals surface area contributed by atoms with Crippen molar-refractivity contribution in [1.82, 2.24) is 5.32 Å². The number of nitrogens with one attached hydrogen (secondary N) is 1. The average Bonchev–Trinajstić information content (AvgIpc) is 2.57. The fraction of sp³-hybridized carbons (Fsp3) is 0.818. The van der Waals surface area contributed by atoms with Gasteiger partial charge in [0.2, 0.25) is 0 Å². The second kappa shape index (κ2) is 2.88. The monoisotopic (exact) mass is 292 g/mol. The molecule has 1 saturated carbocycles. The fourth-order valence-corrected chi connectivity index (χ4v) is 5.63. The molecule has 0 aromatic carbocycles. The standard InChI is InChI=1S/C11H19IN/c1-10(2)5-8(10)6-12-9-7-13-11(9,3)4/h7-8,13H,5-6H2,1-4H3/q-1. The van der Waals surface area contributed by atoms with E-state index in [0.29, 0.717) is 32.2 Å². The number of rotatable bonds is 3. The van der Waals surface area contributed by atoms with E-state index in [1.165, 1.54) is 10.8 Å². The van der Waals surface area contributed by atoms with Gasteiger partial charge in [0, 0.05) is 0 Å². The van der Waals surface area contributed by atoms with Crippen LogP contribution >= 0.6 is 0 Å². The summed E-state index contributed by atoms with van der Waals surface area (Å²) in [6.07, 6.45) is 3.70. The van der Waals surface area contributed by atoms with Crippen LogP contribution in [0.5, 0.6) is 0 Å². The zero-order valence-electron chi connectivity index (χ0n) is 8.95. The molecule has 0 saturated heterocycles. The number of alkyl halides is 1. The van der Waals surface area contributed by atoms with Crippen molar-refractivity contribution < 1.29 is 21.2 Å². The Bertz CT molecular complexity index is 253. The van der Waals surface area contributed by atoms with Crippen LogP contribution < -0.4 is 26.5 Å². The molecule has 2 heteroatoms. The third-order valence-corrected chi connectivity index (χ3v) is 7.27. The van der Waals surface area contributed by atoms with Crippen LogP contribution in [0, 0.1) is 11.3 Å². The van der Waals surface area contributed by atoms with Crippen molar-refractivity contribution in [3.8, 4) is 0 Å². The molecule has 0 spiro atoms. The Morgan fingerprint density at radius 2 is 2.08 bits per heavy atom. The van der Waals surface area contributed by atoms with Crippen LogP contribution in [0.1, 0.15) is 34.1 Å². The van der Waals surface area contributed by atoms with Gasteiger partial charge >= 0.3 is 91.7 Å². The van der Waals surface area contributed by atoms with Crippen molar-refractivity contribution >= 4 is 0 Å². The summed E-state index contributed by atoms with van der Waals surface area (Å²) in [6.45, 7) is 9.39. The summed E-state index contributed by atoms with van der Waals surface area (Å²) >= 11 is 0.320. The summed E-state index contributed by atoms with van der Waals surface area (Å²) in [7, 11) is 0. The van der Waals surface area contributed by atoms with Crippen LogP contribution in [-0.2, 0) is 0 Å². The van der Waals surface area contributed by atoms with Crippen LogP contribution in [0.25, 0.3) is 0 Å². The molecule has 0 radical (unpaired) electrons. The predicted octanol–water partition coefficient (Wildman–Crippen LogP) is -0.655. The second-order valence-corrected chi connectivity index (χ2v) is 8.24. The van der Waals surface area contributed by atoms with Gasteiger partial charge in [0.05, 0.1) is 0 Å². The first-order valence-corrected chi connectivity index (χ1v) is 7.60. The van der Waals surface area contributed by atoms with E-state index in [-0.39, 0.29) is 0 Å². The van der Waals surface area contributed by atoms with Gasteiger partial charge in [0.25, 0.3) is 0 Å². The Morgan fingerprint density at radius 1 is 1.46 bits per heavy atom. The molecule has 0 amide bonds. The van der Waals surface area contributed by atoms with Gasteiger partial charge in [-0.1, -0.05) is 0 Å². The maximum absolute atomic E-state index is 3.37. The molecule has 1 nitrogen and oxygen atoms in total. The molecule has 1 heterocycles. The summed E-state index contributed by atoms with van der Waals surface area (Å²) in [5.74, 6) is 1.04. The third kappa shape index (κ3) is 1.88. The molecular formula is C11H19IN-. The molecule has 0 aromatic heterocycles. The maximum atomic E-state index is 3.37. The van der Waals surface area contributed by atoms with E-state index in [1.54, 1.807) is 3.58 Å². The van der Waals surface area contributed by atoms with Crippen molar-refractivity contribution in [2.45, 2.75) is 39.7 Å². The summed E-state index contributed by atoms with van der Waals surface area (Å²) < 4.78 is 3.22. The molecule has 1 unspecified atom stereocenters. The molecule has 0 bridgehead atoms. The first kappa shape index (κ1) is 9.81. The van der Waals surface area contributed by atoms with Gasteiger partial charge in [-0.15, -0.1) is 0 Å². The van der Waals surface area contributed by atoms with Crippen LogP contribution in [0.4, 0.5) is 0 Å². The molecule has 1 aliphatic heterocycles. The van der Waals surface area contributed by atoms with Crippen LogP contribution in [0.2, 0.25) is 0 Å². The van der Waals surface area contributed by atoms with Crippen molar-refractivity contribution in [2.24, 2.45) is 11.3 Å². The van der Waals surface area contributed by atoms with Crippen LogP contribution in [0.15, 0.2) is 9.78 Å². The molecule has 1 aliphatic carbocycles. The van der Waals surface area contributed by atoms with Gasteiger partial charge < -0.3 is 0 Å². The Morgan fingerprint density at radius 3 is 2.38 bits per heavy atom. The molecule has 0 aromatic rings. The zero-order valence-corrected chi connectivity index (χ0v) is 11.1. The molecule has 1 N–H and O–H groups in total. The minimum absolute atomic E-state index is 0.320. The fourth-order valence-electron chi connectivity index (χ4n) is 1.64. The van der Waals surface area contributed by atoms with Crippen molar-refractivity contribution in [3.05, 3.63) is 9.78 Å². The van der Waals surface area contributed by atoms with E-state index in [0.717, 1.165) is 5.92 Å². The van der Waals surface area contributed by atoms with E-state index in [1.807, 2.05) is 0 Å². The quantitative estimate of drug-likeness (QED) is 0.538. The zero-order chi connectivity index (χ0) is 9.69. The SMILES string of the molecule is CC1(C)NC=C1[I-]CC1CC1(C)C. The Balaban J connectivity index is 1.76. The van der Waals surface area contributed by atoms with Gasteiger partial charge in [0.15, 0.2) is 0 Å². The van der Waals surface area contributed by atoms with E-state index in [9.17, 15) is 0 Å². The van der Waals surface area contributed by atoms with E-state index in [4.69, 9.17) is 0 Å². The number of halogens is 1. The molecule has 1 atom stereocenters.